The first-order valence-electron chi connectivity index (χ1n) is 7.02. The third kappa shape index (κ3) is 1.26. The van der Waals surface area contributed by atoms with E-state index in [2.05, 4.69) is 20.8 Å². The highest BCUT2D eigenvalue weighted by Gasteiger charge is 2.64. The maximum atomic E-state index is 11.2. The van der Waals surface area contributed by atoms with Crippen LogP contribution < -0.4 is 0 Å². The number of hydrogen-bond donors (Lipinski definition) is 0. The minimum absolute atomic E-state index is 0.388. The van der Waals surface area contributed by atoms with Crippen LogP contribution in [0, 0.1) is 40.9 Å². The van der Waals surface area contributed by atoms with E-state index >= 15 is 0 Å². The van der Waals surface area contributed by atoms with Crippen LogP contribution in [0.1, 0.15) is 46.5 Å². The summed E-state index contributed by atoms with van der Waals surface area (Å²) in [6.45, 7) is 7.32. The normalized spacial score (nSPS) is 53.7. The summed E-state index contributed by atoms with van der Waals surface area (Å²) in [4.78, 5) is 11.2. The van der Waals surface area contributed by atoms with Crippen molar-refractivity contribution < 1.29 is 4.79 Å². The Morgan fingerprint density at radius 3 is 2.56 bits per heavy atom. The van der Waals surface area contributed by atoms with Gasteiger partial charge in [-0.1, -0.05) is 27.2 Å². The highest BCUT2D eigenvalue weighted by Crippen LogP contribution is 2.70. The summed E-state index contributed by atoms with van der Waals surface area (Å²) in [6.07, 6.45) is 6.42. The lowest BCUT2D eigenvalue weighted by Crippen LogP contribution is -2.24. The second kappa shape index (κ2) is 3.34. The van der Waals surface area contributed by atoms with E-state index in [1.807, 2.05) is 0 Å². The van der Waals surface area contributed by atoms with Crippen molar-refractivity contribution in [1.82, 2.24) is 0 Å². The van der Waals surface area contributed by atoms with Crippen molar-refractivity contribution in [3.05, 3.63) is 0 Å². The van der Waals surface area contributed by atoms with Gasteiger partial charge in [-0.25, -0.2) is 0 Å². The van der Waals surface area contributed by atoms with Gasteiger partial charge in [-0.2, -0.15) is 0 Å². The second-order valence-corrected chi connectivity index (χ2v) is 7.13. The Bertz CT molecular complexity index is 307. The van der Waals surface area contributed by atoms with E-state index in [0.29, 0.717) is 11.3 Å². The summed E-state index contributed by atoms with van der Waals surface area (Å²) in [5, 5.41) is 0. The van der Waals surface area contributed by atoms with Crippen molar-refractivity contribution in [2.24, 2.45) is 40.9 Å². The molecule has 3 aliphatic carbocycles. The van der Waals surface area contributed by atoms with Crippen LogP contribution in [0.4, 0.5) is 0 Å². The summed E-state index contributed by atoms with van der Waals surface area (Å²) in [5.74, 6) is 4.69. The summed E-state index contributed by atoms with van der Waals surface area (Å²) in [6, 6.07) is 0. The van der Waals surface area contributed by atoms with Crippen LogP contribution in [-0.2, 0) is 4.79 Å². The van der Waals surface area contributed by atoms with Gasteiger partial charge in [0.2, 0.25) is 0 Å². The van der Waals surface area contributed by atoms with Gasteiger partial charge in [-0.15, -0.1) is 0 Å². The first kappa shape index (κ1) is 10.8. The Hall–Kier alpha value is -0.330. The third-order valence-corrected chi connectivity index (χ3v) is 6.20. The molecule has 0 N–H and O–H groups in total. The highest BCUT2D eigenvalue weighted by molar-refractivity contribution is 5.54. The van der Waals surface area contributed by atoms with Gasteiger partial charge in [0.15, 0.2) is 0 Å². The van der Waals surface area contributed by atoms with E-state index in [9.17, 15) is 4.79 Å². The average molecular weight is 220 g/mol. The van der Waals surface area contributed by atoms with E-state index in [1.54, 1.807) is 0 Å². The van der Waals surface area contributed by atoms with Crippen molar-refractivity contribution in [3.63, 3.8) is 0 Å². The molecular weight excluding hydrogens is 196 g/mol. The van der Waals surface area contributed by atoms with Crippen molar-refractivity contribution in [3.8, 4) is 0 Å². The molecule has 3 saturated carbocycles. The molecule has 0 aromatic rings. The van der Waals surface area contributed by atoms with Gasteiger partial charge in [0.25, 0.3) is 0 Å². The van der Waals surface area contributed by atoms with Crippen molar-refractivity contribution in [2.75, 3.05) is 0 Å². The van der Waals surface area contributed by atoms with Crippen molar-refractivity contribution in [2.45, 2.75) is 46.5 Å². The van der Waals surface area contributed by atoms with Crippen LogP contribution in [0.3, 0.4) is 0 Å². The molecule has 6 atom stereocenters. The van der Waals surface area contributed by atoms with Gasteiger partial charge in [-0.3, -0.25) is 0 Å². The Balaban J connectivity index is 1.90. The van der Waals surface area contributed by atoms with Gasteiger partial charge < -0.3 is 4.79 Å². The predicted molar refractivity (Wildman–Crippen MR) is 64.9 cm³/mol. The molecule has 0 saturated heterocycles. The molecule has 0 spiro atoms. The van der Waals surface area contributed by atoms with Crippen LogP contribution in [0.5, 0.6) is 0 Å². The Labute approximate surface area is 99.0 Å². The standard InChI is InChI=1S/C15H24O/c1-9-4-6-11-10(8-16)5-7-12-14(13(9)11)15(12,2)3/h8-14H,4-7H2,1-3H3/t9-,10+,11?,12?,13?,14?/m0/s1. The number of rotatable bonds is 1. The molecule has 1 nitrogen and oxygen atoms in total. The summed E-state index contributed by atoms with van der Waals surface area (Å²) >= 11 is 0. The van der Waals surface area contributed by atoms with E-state index in [-0.39, 0.29) is 0 Å². The molecule has 3 rings (SSSR count). The molecule has 1 heteroatoms. The van der Waals surface area contributed by atoms with Gasteiger partial charge in [0, 0.05) is 5.92 Å². The van der Waals surface area contributed by atoms with Gasteiger partial charge >= 0.3 is 0 Å². The molecule has 0 aromatic carbocycles. The Kier molecular flexibility index (Phi) is 2.25. The Morgan fingerprint density at radius 2 is 1.88 bits per heavy atom. The maximum absolute atomic E-state index is 11.2. The quantitative estimate of drug-likeness (QED) is 0.618. The van der Waals surface area contributed by atoms with Gasteiger partial charge in [0.05, 0.1) is 0 Å². The largest absolute Gasteiger partial charge is 0.303 e. The fraction of sp³-hybridized carbons (Fsp3) is 0.933. The van der Waals surface area contributed by atoms with Crippen LogP contribution in [-0.4, -0.2) is 6.29 Å². The van der Waals surface area contributed by atoms with E-state index in [4.69, 9.17) is 0 Å². The maximum Gasteiger partial charge on any atom is 0.123 e. The van der Waals surface area contributed by atoms with Crippen molar-refractivity contribution in [1.29, 1.82) is 0 Å². The lowest BCUT2D eigenvalue weighted by Gasteiger charge is -2.27. The molecule has 0 amide bonds. The average Bonchev–Trinajstić information content (AvgIpc) is 2.66. The third-order valence-electron chi connectivity index (χ3n) is 6.20. The SMILES string of the molecule is C[C@H]1CCC2C1C1C(CC[C@@H]2C=O)C1(C)C. The summed E-state index contributed by atoms with van der Waals surface area (Å²) in [7, 11) is 0. The number of aldehydes is 1. The molecule has 4 unspecified atom stereocenters. The number of fused-ring (bicyclic) bond motifs is 3. The zero-order chi connectivity index (χ0) is 11.5. The highest BCUT2D eigenvalue weighted by atomic mass is 16.1. The number of carbonyl (C=O) groups excluding carboxylic acids is 1. The summed E-state index contributed by atoms with van der Waals surface area (Å²) in [5.41, 5.74) is 0.579. The fourth-order valence-electron chi connectivity index (χ4n) is 5.24. The van der Waals surface area contributed by atoms with E-state index in [1.165, 1.54) is 32.0 Å². The molecule has 0 aromatic heterocycles. The van der Waals surface area contributed by atoms with E-state index in [0.717, 1.165) is 29.6 Å². The summed E-state index contributed by atoms with van der Waals surface area (Å²) < 4.78 is 0. The molecule has 0 bridgehead atoms. The molecule has 3 fully saturated rings. The molecule has 90 valence electrons. The lowest BCUT2D eigenvalue weighted by atomic mass is 9.77. The smallest absolute Gasteiger partial charge is 0.123 e. The molecule has 0 heterocycles. The number of hydrogen-bond acceptors (Lipinski definition) is 1. The topological polar surface area (TPSA) is 17.1 Å². The van der Waals surface area contributed by atoms with Gasteiger partial charge in [0.1, 0.15) is 6.29 Å². The minimum Gasteiger partial charge on any atom is -0.303 e. The molecule has 3 aliphatic rings. The molecule has 16 heavy (non-hydrogen) atoms. The second-order valence-electron chi connectivity index (χ2n) is 7.13. The number of carbonyl (C=O) groups is 1. The minimum atomic E-state index is 0.388. The van der Waals surface area contributed by atoms with Crippen LogP contribution in [0.25, 0.3) is 0 Å². The van der Waals surface area contributed by atoms with Crippen LogP contribution in [0.15, 0.2) is 0 Å². The first-order valence-corrected chi connectivity index (χ1v) is 7.02. The predicted octanol–water partition coefficient (Wildman–Crippen LogP) is 3.53. The first-order chi connectivity index (χ1) is 7.57. The molecule has 0 aliphatic heterocycles. The Morgan fingerprint density at radius 1 is 1.12 bits per heavy atom. The van der Waals surface area contributed by atoms with Gasteiger partial charge in [-0.05, 0) is 54.3 Å². The fourth-order valence-corrected chi connectivity index (χ4v) is 5.24. The zero-order valence-corrected chi connectivity index (χ0v) is 10.8. The van der Waals surface area contributed by atoms with Crippen molar-refractivity contribution >= 4 is 6.29 Å². The van der Waals surface area contributed by atoms with Crippen LogP contribution in [0.2, 0.25) is 0 Å². The lowest BCUT2D eigenvalue weighted by molar-refractivity contribution is -0.113. The van der Waals surface area contributed by atoms with Crippen LogP contribution >= 0.6 is 0 Å². The monoisotopic (exact) mass is 220 g/mol. The molecule has 0 radical (unpaired) electrons. The van der Waals surface area contributed by atoms with E-state index < -0.39 is 0 Å². The molecular formula is C15H24O. The zero-order valence-electron chi connectivity index (χ0n) is 10.8.